The minimum Gasteiger partial charge on any atom is -0.462 e. The van der Waals surface area contributed by atoms with E-state index in [1.165, 1.54) is 141 Å². The molecule has 0 aromatic heterocycles. The Morgan fingerprint density at radius 3 is 1.40 bits per heavy atom. The van der Waals surface area contributed by atoms with E-state index in [-0.39, 0.29) is 24.9 Å². The molecule has 0 saturated heterocycles. The van der Waals surface area contributed by atoms with Gasteiger partial charge < -0.3 is 20.3 Å². The van der Waals surface area contributed by atoms with Crippen LogP contribution >= 0.6 is 0 Å². The molecule has 3 atom stereocenters. The van der Waals surface area contributed by atoms with Gasteiger partial charge in [-0.25, -0.2) is 0 Å². The average molecular weight is 816 g/mol. The highest BCUT2D eigenvalue weighted by molar-refractivity contribution is 5.77. The minimum atomic E-state index is -0.792. The second-order valence-electron chi connectivity index (χ2n) is 17.3. The first-order valence-corrected chi connectivity index (χ1v) is 25.2. The van der Waals surface area contributed by atoms with Gasteiger partial charge in [0.15, 0.2) is 0 Å². The molecule has 0 radical (unpaired) electrons. The van der Waals surface area contributed by atoms with Crippen LogP contribution < -0.4 is 5.32 Å². The van der Waals surface area contributed by atoms with Crippen molar-refractivity contribution >= 4 is 11.9 Å². The van der Waals surface area contributed by atoms with E-state index in [2.05, 4.69) is 50.4 Å². The van der Waals surface area contributed by atoms with Crippen LogP contribution in [0.1, 0.15) is 258 Å². The number of aliphatic hydroxyl groups is 2. The molecule has 0 aliphatic rings. The van der Waals surface area contributed by atoms with Gasteiger partial charge in [-0.05, 0) is 44.9 Å². The Labute approximate surface area is 360 Å². The maximum Gasteiger partial charge on any atom is 0.306 e. The van der Waals surface area contributed by atoms with Gasteiger partial charge in [0, 0.05) is 6.42 Å². The normalized spacial score (nSPS) is 13.5. The number of nitrogens with one attached hydrogen (secondary N) is 1. The van der Waals surface area contributed by atoms with E-state index in [0.29, 0.717) is 19.3 Å². The first-order valence-electron chi connectivity index (χ1n) is 25.2. The quantitative estimate of drug-likeness (QED) is 0.0323. The van der Waals surface area contributed by atoms with Crippen molar-refractivity contribution in [2.45, 2.75) is 277 Å². The first-order chi connectivity index (χ1) is 28.5. The second-order valence-corrected chi connectivity index (χ2v) is 17.3. The van der Waals surface area contributed by atoms with Crippen LogP contribution in [0.5, 0.6) is 0 Å². The number of carbonyl (C=O) groups excluding carboxylic acids is 2. The fraction of sp³-hybridized carbons (Fsp3) is 0.846. The molecular formula is C52H97NO5. The Bertz CT molecular complexity index is 961. The van der Waals surface area contributed by atoms with Gasteiger partial charge in [-0.1, -0.05) is 237 Å². The van der Waals surface area contributed by atoms with Crippen LogP contribution in [0.4, 0.5) is 0 Å². The van der Waals surface area contributed by atoms with Crippen molar-refractivity contribution < 1.29 is 24.5 Å². The summed E-state index contributed by atoms with van der Waals surface area (Å²) in [6, 6.07) is -0.708. The highest BCUT2D eigenvalue weighted by atomic mass is 16.5. The van der Waals surface area contributed by atoms with Crippen LogP contribution in [0.15, 0.2) is 36.5 Å². The van der Waals surface area contributed by atoms with Crippen LogP contribution in [0.2, 0.25) is 0 Å². The summed E-state index contributed by atoms with van der Waals surface area (Å²) in [6.45, 7) is 6.33. The molecule has 0 rings (SSSR count). The van der Waals surface area contributed by atoms with Crippen molar-refractivity contribution in [2.24, 2.45) is 0 Å². The van der Waals surface area contributed by atoms with E-state index < -0.39 is 18.2 Å². The number of hydrogen-bond donors (Lipinski definition) is 3. The molecule has 0 spiro atoms. The number of carbonyl (C=O) groups is 2. The molecule has 0 bridgehead atoms. The lowest BCUT2D eigenvalue weighted by Gasteiger charge is -2.24. The van der Waals surface area contributed by atoms with Gasteiger partial charge in [-0.15, -0.1) is 0 Å². The van der Waals surface area contributed by atoms with Crippen LogP contribution in [0.3, 0.4) is 0 Å². The van der Waals surface area contributed by atoms with Crippen molar-refractivity contribution in [3.8, 4) is 0 Å². The summed E-state index contributed by atoms with van der Waals surface area (Å²) in [5, 5.41) is 23.6. The van der Waals surface area contributed by atoms with E-state index in [1.807, 2.05) is 12.2 Å². The van der Waals surface area contributed by atoms with Crippen LogP contribution in [-0.4, -0.2) is 46.9 Å². The predicted octanol–water partition coefficient (Wildman–Crippen LogP) is 14.9. The Balaban J connectivity index is 4.46. The molecule has 0 aliphatic carbocycles. The van der Waals surface area contributed by atoms with E-state index in [1.54, 1.807) is 0 Å². The van der Waals surface area contributed by atoms with E-state index in [9.17, 15) is 19.8 Å². The van der Waals surface area contributed by atoms with Crippen LogP contribution in [0, 0.1) is 0 Å². The standard InChI is InChI=1S/C52H97NO5/c1-4-7-10-13-16-19-21-22-23-24-25-26-27-28-30-33-36-39-42-45-52(57)58-48(43-40-37-34-32-29-20-17-14-11-8-5-2)46-51(56)53-49(47-54)50(55)44-41-38-35-31-18-15-12-9-6-3/h8,11,14,17,20,29,48-50,54-55H,4-7,9-10,12-13,15-16,18-19,21-28,30-47H2,1-3H3,(H,53,56)/b11-8+,17-14+,29-20-. The Morgan fingerprint density at radius 1 is 0.517 bits per heavy atom. The SMILES string of the molecule is CC/C=C/C=C/C=C\CCCCCC(CC(=O)NC(CO)C(O)CCCCCCCCCCC)OC(=O)CCCCCCCCCCCCCCCCCCCCC. The summed E-state index contributed by atoms with van der Waals surface area (Å²) in [5.41, 5.74) is 0. The summed E-state index contributed by atoms with van der Waals surface area (Å²) in [7, 11) is 0. The lowest BCUT2D eigenvalue weighted by atomic mass is 10.0. The summed E-state index contributed by atoms with van der Waals surface area (Å²) in [5.74, 6) is -0.501. The number of amides is 1. The number of aliphatic hydroxyl groups excluding tert-OH is 2. The van der Waals surface area contributed by atoms with Crippen molar-refractivity contribution in [3.63, 3.8) is 0 Å². The monoisotopic (exact) mass is 816 g/mol. The van der Waals surface area contributed by atoms with Crippen LogP contribution in [0.25, 0.3) is 0 Å². The highest BCUT2D eigenvalue weighted by Gasteiger charge is 2.24. The molecule has 0 saturated carbocycles. The fourth-order valence-corrected chi connectivity index (χ4v) is 7.73. The maximum atomic E-state index is 13.1. The molecule has 3 N–H and O–H groups in total. The number of rotatable bonds is 45. The zero-order valence-corrected chi connectivity index (χ0v) is 38.7. The Hall–Kier alpha value is -1.92. The highest BCUT2D eigenvalue weighted by Crippen LogP contribution is 2.18. The third-order valence-corrected chi connectivity index (χ3v) is 11.5. The summed E-state index contributed by atoms with van der Waals surface area (Å²) < 4.78 is 5.90. The zero-order valence-electron chi connectivity index (χ0n) is 38.7. The second kappa shape index (κ2) is 46.2. The van der Waals surface area contributed by atoms with Gasteiger partial charge >= 0.3 is 5.97 Å². The summed E-state index contributed by atoms with van der Waals surface area (Å²) in [4.78, 5) is 26.0. The summed E-state index contributed by atoms with van der Waals surface area (Å²) >= 11 is 0. The smallest absolute Gasteiger partial charge is 0.306 e. The van der Waals surface area contributed by atoms with Gasteiger partial charge in [0.1, 0.15) is 6.10 Å². The van der Waals surface area contributed by atoms with Gasteiger partial charge in [-0.2, -0.15) is 0 Å². The molecule has 6 heteroatoms. The van der Waals surface area contributed by atoms with Gasteiger partial charge in [0.2, 0.25) is 5.91 Å². The topological polar surface area (TPSA) is 95.9 Å². The number of esters is 1. The number of ether oxygens (including phenoxy) is 1. The molecule has 3 unspecified atom stereocenters. The molecule has 0 aromatic rings. The lowest BCUT2D eigenvalue weighted by Crippen LogP contribution is -2.46. The average Bonchev–Trinajstić information content (AvgIpc) is 3.22. The van der Waals surface area contributed by atoms with Gasteiger partial charge in [-0.3, -0.25) is 9.59 Å². The Kier molecular flexibility index (Phi) is 44.6. The lowest BCUT2D eigenvalue weighted by molar-refractivity contribution is -0.151. The van der Waals surface area contributed by atoms with E-state index in [0.717, 1.165) is 70.6 Å². The molecule has 0 aliphatic heterocycles. The minimum absolute atomic E-state index is 0.0577. The zero-order chi connectivity index (χ0) is 42.4. The molecular weight excluding hydrogens is 719 g/mol. The first kappa shape index (κ1) is 56.1. The maximum absolute atomic E-state index is 13.1. The molecule has 340 valence electrons. The fourth-order valence-electron chi connectivity index (χ4n) is 7.73. The van der Waals surface area contributed by atoms with Crippen molar-refractivity contribution in [3.05, 3.63) is 36.5 Å². The number of allylic oxidation sites excluding steroid dienone is 6. The molecule has 0 aromatic carbocycles. The third kappa shape index (κ3) is 40.8. The van der Waals surface area contributed by atoms with Crippen molar-refractivity contribution in [1.82, 2.24) is 5.32 Å². The number of unbranched alkanes of at least 4 members (excludes halogenated alkanes) is 29. The van der Waals surface area contributed by atoms with E-state index >= 15 is 0 Å². The van der Waals surface area contributed by atoms with Gasteiger partial charge in [0.05, 0.1) is 25.2 Å². The van der Waals surface area contributed by atoms with Crippen LogP contribution in [-0.2, 0) is 14.3 Å². The van der Waals surface area contributed by atoms with Gasteiger partial charge in [0.25, 0.3) is 0 Å². The molecule has 0 heterocycles. The van der Waals surface area contributed by atoms with Crippen molar-refractivity contribution in [1.29, 1.82) is 0 Å². The van der Waals surface area contributed by atoms with Crippen molar-refractivity contribution in [2.75, 3.05) is 6.61 Å². The predicted molar refractivity (Wildman–Crippen MR) is 250 cm³/mol. The summed E-state index contributed by atoms with van der Waals surface area (Å²) in [6.07, 6.45) is 53.7. The Morgan fingerprint density at radius 2 is 0.931 bits per heavy atom. The van der Waals surface area contributed by atoms with E-state index in [4.69, 9.17) is 4.74 Å². The molecule has 0 fully saturated rings. The third-order valence-electron chi connectivity index (χ3n) is 11.5. The largest absolute Gasteiger partial charge is 0.462 e. The molecule has 6 nitrogen and oxygen atoms in total. The number of hydrogen-bond acceptors (Lipinski definition) is 5. The molecule has 58 heavy (non-hydrogen) atoms. The molecule has 1 amide bonds.